The van der Waals surface area contributed by atoms with Crippen LogP contribution in [0.5, 0.6) is 0 Å². The van der Waals surface area contributed by atoms with E-state index in [4.69, 9.17) is 12.2 Å². The summed E-state index contributed by atoms with van der Waals surface area (Å²) in [6, 6.07) is 6.35. The molecule has 0 aliphatic heterocycles. The van der Waals surface area contributed by atoms with Crippen LogP contribution >= 0.6 is 12.2 Å². The highest BCUT2D eigenvalue weighted by molar-refractivity contribution is 7.80. The second-order valence-electron chi connectivity index (χ2n) is 5.99. The largest absolute Gasteiger partial charge is 0.337 e. The van der Waals surface area contributed by atoms with Crippen LogP contribution in [0.4, 0.5) is 10.1 Å². The minimum absolute atomic E-state index is 0.250. The summed E-state index contributed by atoms with van der Waals surface area (Å²) in [5, 5.41) is 14.5. The molecule has 1 rings (SSSR count). The molecule has 2 N–H and O–H groups in total. The lowest BCUT2D eigenvalue weighted by Crippen LogP contribution is -2.44. The standard InChI is InChI=1S/C14H21FN4S/c1-13(2,3)18-19-14(4,5)17-12(20)16-11-9-7-6-8-10(11)15/h6-9H,1-5H3,(H2,16,17,20). The van der Waals surface area contributed by atoms with Gasteiger partial charge in [-0.05, 0) is 59.0 Å². The molecule has 0 bridgehead atoms. The highest BCUT2D eigenvalue weighted by Gasteiger charge is 2.19. The zero-order valence-electron chi connectivity index (χ0n) is 12.5. The summed E-state index contributed by atoms with van der Waals surface area (Å²) in [6.07, 6.45) is 0. The van der Waals surface area contributed by atoms with Gasteiger partial charge in [0, 0.05) is 0 Å². The van der Waals surface area contributed by atoms with Crippen LogP contribution in [0.15, 0.2) is 34.5 Å². The lowest BCUT2D eigenvalue weighted by atomic mass is 10.1. The fourth-order valence-electron chi connectivity index (χ4n) is 1.29. The van der Waals surface area contributed by atoms with Crippen molar-refractivity contribution in [2.75, 3.05) is 5.32 Å². The zero-order chi connectivity index (χ0) is 15.4. The molecule has 0 fully saturated rings. The third-order valence-electron chi connectivity index (χ3n) is 2.14. The highest BCUT2D eigenvalue weighted by Crippen LogP contribution is 2.15. The molecule has 0 aromatic heterocycles. The Labute approximate surface area is 124 Å². The van der Waals surface area contributed by atoms with Crippen LogP contribution in [0, 0.1) is 5.82 Å². The summed E-state index contributed by atoms with van der Waals surface area (Å²) in [5.74, 6) is -0.356. The minimum Gasteiger partial charge on any atom is -0.337 e. The van der Waals surface area contributed by atoms with Gasteiger partial charge in [-0.25, -0.2) is 4.39 Å². The first kappa shape index (κ1) is 16.5. The molecule has 0 saturated carbocycles. The van der Waals surface area contributed by atoms with Gasteiger partial charge in [-0.2, -0.15) is 10.2 Å². The van der Waals surface area contributed by atoms with E-state index in [0.29, 0.717) is 10.8 Å². The monoisotopic (exact) mass is 296 g/mol. The molecule has 0 aliphatic carbocycles. The van der Waals surface area contributed by atoms with Gasteiger partial charge in [0.25, 0.3) is 0 Å². The van der Waals surface area contributed by atoms with Gasteiger partial charge in [0.05, 0.1) is 11.2 Å². The molecule has 0 spiro atoms. The first-order valence-electron chi connectivity index (χ1n) is 6.37. The first-order valence-corrected chi connectivity index (χ1v) is 6.78. The maximum Gasteiger partial charge on any atom is 0.172 e. The van der Waals surface area contributed by atoms with Crippen LogP contribution in [-0.4, -0.2) is 16.3 Å². The first-order chi connectivity index (χ1) is 9.09. The van der Waals surface area contributed by atoms with Crippen LogP contribution in [-0.2, 0) is 0 Å². The Morgan fingerprint density at radius 2 is 1.70 bits per heavy atom. The van der Waals surface area contributed by atoms with E-state index in [1.54, 1.807) is 18.2 Å². The maximum atomic E-state index is 13.5. The minimum atomic E-state index is -0.664. The molecule has 0 aliphatic rings. The Morgan fingerprint density at radius 3 is 2.25 bits per heavy atom. The summed E-state index contributed by atoms with van der Waals surface area (Å²) in [5.41, 5.74) is -0.587. The number of azo groups is 1. The molecule has 1 aromatic carbocycles. The molecular formula is C14H21FN4S. The number of rotatable bonds is 3. The van der Waals surface area contributed by atoms with Crippen molar-refractivity contribution < 1.29 is 4.39 Å². The maximum absolute atomic E-state index is 13.5. The summed E-state index contributed by atoms with van der Waals surface area (Å²) >= 11 is 5.16. The molecule has 110 valence electrons. The number of benzene rings is 1. The van der Waals surface area contributed by atoms with Gasteiger partial charge in [-0.3, -0.25) is 0 Å². The Kier molecular flexibility index (Phi) is 5.16. The van der Waals surface area contributed by atoms with Crippen molar-refractivity contribution in [1.82, 2.24) is 5.32 Å². The van der Waals surface area contributed by atoms with Gasteiger partial charge in [0.1, 0.15) is 11.5 Å². The molecule has 0 unspecified atom stereocenters. The quantitative estimate of drug-likeness (QED) is 0.652. The summed E-state index contributed by atoms with van der Waals surface area (Å²) in [6.45, 7) is 9.57. The number of para-hydroxylation sites is 1. The lowest BCUT2D eigenvalue weighted by molar-refractivity contribution is 0.417. The molecular weight excluding hydrogens is 275 g/mol. The number of nitrogens with zero attached hydrogens (tertiary/aromatic N) is 2. The molecule has 20 heavy (non-hydrogen) atoms. The molecule has 0 radical (unpaired) electrons. The zero-order valence-corrected chi connectivity index (χ0v) is 13.3. The van der Waals surface area contributed by atoms with Crippen LogP contribution in [0.2, 0.25) is 0 Å². The number of hydrogen-bond donors (Lipinski definition) is 2. The predicted molar refractivity (Wildman–Crippen MR) is 84.4 cm³/mol. The van der Waals surface area contributed by atoms with E-state index < -0.39 is 5.66 Å². The van der Waals surface area contributed by atoms with Crippen molar-refractivity contribution in [2.45, 2.75) is 45.8 Å². The van der Waals surface area contributed by atoms with E-state index in [0.717, 1.165) is 0 Å². The molecule has 0 amide bonds. The van der Waals surface area contributed by atoms with E-state index in [9.17, 15) is 4.39 Å². The average Bonchev–Trinajstić information content (AvgIpc) is 2.28. The number of nitrogens with one attached hydrogen (secondary N) is 2. The van der Waals surface area contributed by atoms with Crippen molar-refractivity contribution >= 4 is 23.0 Å². The van der Waals surface area contributed by atoms with E-state index in [1.807, 2.05) is 34.6 Å². The van der Waals surface area contributed by atoms with Crippen molar-refractivity contribution in [3.8, 4) is 0 Å². The number of hydrogen-bond acceptors (Lipinski definition) is 3. The van der Waals surface area contributed by atoms with E-state index >= 15 is 0 Å². The van der Waals surface area contributed by atoms with Gasteiger partial charge in [-0.1, -0.05) is 12.1 Å². The van der Waals surface area contributed by atoms with Gasteiger partial charge in [0.15, 0.2) is 5.11 Å². The summed E-state index contributed by atoms with van der Waals surface area (Å²) < 4.78 is 13.5. The fraction of sp³-hybridized carbons (Fsp3) is 0.500. The van der Waals surface area contributed by atoms with E-state index in [1.165, 1.54) is 6.07 Å². The smallest absolute Gasteiger partial charge is 0.172 e. The van der Waals surface area contributed by atoms with Gasteiger partial charge in [0.2, 0.25) is 0 Å². The van der Waals surface area contributed by atoms with Crippen molar-refractivity contribution in [2.24, 2.45) is 10.2 Å². The highest BCUT2D eigenvalue weighted by atomic mass is 32.1. The van der Waals surface area contributed by atoms with Gasteiger partial charge >= 0.3 is 0 Å². The number of thiocarbonyl (C=S) groups is 1. The molecule has 1 aromatic rings. The summed E-state index contributed by atoms with van der Waals surface area (Å²) in [4.78, 5) is 0. The van der Waals surface area contributed by atoms with Gasteiger partial charge < -0.3 is 10.6 Å². The SMILES string of the molecule is CC(C)(C)N=NC(C)(C)NC(=S)Nc1ccccc1F. The fourth-order valence-corrected chi connectivity index (χ4v) is 1.65. The topological polar surface area (TPSA) is 48.8 Å². The molecule has 0 atom stereocenters. The normalized spacial score (nSPS) is 12.5. The summed E-state index contributed by atoms with van der Waals surface area (Å²) in [7, 11) is 0. The van der Waals surface area contributed by atoms with Crippen LogP contribution < -0.4 is 10.6 Å². The molecule has 0 saturated heterocycles. The lowest BCUT2D eigenvalue weighted by Gasteiger charge is -2.24. The van der Waals surface area contributed by atoms with Crippen LogP contribution in [0.25, 0.3) is 0 Å². The third kappa shape index (κ3) is 6.06. The van der Waals surface area contributed by atoms with Crippen LogP contribution in [0.1, 0.15) is 34.6 Å². The second kappa shape index (κ2) is 6.26. The Balaban J connectivity index is 2.66. The Hall–Kier alpha value is -1.56. The van der Waals surface area contributed by atoms with Crippen molar-refractivity contribution in [3.63, 3.8) is 0 Å². The van der Waals surface area contributed by atoms with E-state index in [-0.39, 0.29) is 11.4 Å². The third-order valence-corrected chi connectivity index (χ3v) is 2.35. The Morgan fingerprint density at radius 1 is 1.10 bits per heavy atom. The predicted octanol–water partition coefficient (Wildman–Crippen LogP) is 4.10. The number of anilines is 1. The van der Waals surface area contributed by atoms with Crippen molar-refractivity contribution in [1.29, 1.82) is 0 Å². The number of halogens is 1. The van der Waals surface area contributed by atoms with E-state index in [2.05, 4.69) is 20.9 Å². The van der Waals surface area contributed by atoms with Crippen LogP contribution in [0.3, 0.4) is 0 Å². The molecule has 6 heteroatoms. The Bertz CT molecular complexity index is 506. The van der Waals surface area contributed by atoms with Gasteiger partial charge in [-0.15, -0.1) is 0 Å². The molecule has 0 heterocycles. The molecule has 4 nitrogen and oxygen atoms in total. The second-order valence-corrected chi connectivity index (χ2v) is 6.40. The average molecular weight is 296 g/mol. The van der Waals surface area contributed by atoms with Crippen molar-refractivity contribution in [3.05, 3.63) is 30.1 Å².